The Morgan fingerprint density at radius 3 is 2.64 bits per heavy atom. The van der Waals surface area contributed by atoms with Gasteiger partial charge in [0.2, 0.25) is 0 Å². The maximum Gasteiger partial charge on any atom is 0.261 e. The van der Waals surface area contributed by atoms with Crippen molar-refractivity contribution in [1.82, 2.24) is 0 Å². The van der Waals surface area contributed by atoms with E-state index in [0.717, 1.165) is 35.2 Å². The van der Waals surface area contributed by atoms with Gasteiger partial charge in [0.25, 0.3) is 10.0 Å². The van der Waals surface area contributed by atoms with Crippen molar-refractivity contribution in [2.24, 2.45) is 5.92 Å². The van der Waals surface area contributed by atoms with Gasteiger partial charge >= 0.3 is 0 Å². The van der Waals surface area contributed by atoms with Gasteiger partial charge in [0, 0.05) is 21.7 Å². The van der Waals surface area contributed by atoms with E-state index in [1.807, 2.05) is 43.3 Å². The van der Waals surface area contributed by atoms with E-state index >= 15 is 0 Å². The molecule has 1 aliphatic heterocycles. The van der Waals surface area contributed by atoms with Crippen LogP contribution in [-0.4, -0.2) is 8.42 Å². The number of benzene rings is 3. The summed E-state index contributed by atoms with van der Waals surface area (Å²) in [7, 11) is -3.72. The fraction of sp³-hybridized carbons (Fsp3) is 0.231. The smallest absolute Gasteiger partial charge is 0.261 e. The Hall–Kier alpha value is -2.47. The molecule has 0 aromatic heterocycles. The van der Waals surface area contributed by atoms with E-state index in [9.17, 15) is 8.42 Å². The topological polar surface area (TPSA) is 58.2 Å². The largest absolute Gasteiger partial charge is 0.378 e. The first kappa shape index (κ1) is 22.3. The number of nitrogens with one attached hydrogen (secondary N) is 2. The molecule has 170 valence electrons. The number of rotatable bonds is 5. The van der Waals surface area contributed by atoms with Crippen LogP contribution in [0, 0.1) is 5.92 Å². The number of allylic oxidation sites excluding steroid dienone is 2. The molecule has 1 heterocycles. The van der Waals surface area contributed by atoms with Gasteiger partial charge in [-0.2, -0.15) is 0 Å². The molecule has 0 radical (unpaired) electrons. The average Bonchev–Trinajstić information content (AvgIpc) is 3.29. The van der Waals surface area contributed by atoms with Gasteiger partial charge in [0.05, 0.1) is 16.6 Å². The fourth-order valence-electron chi connectivity index (χ4n) is 4.93. The lowest BCUT2D eigenvalue weighted by molar-refractivity contribution is 0.425. The Kier molecular flexibility index (Phi) is 5.89. The van der Waals surface area contributed by atoms with Crippen LogP contribution < -0.4 is 10.0 Å². The summed E-state index contributed by atoms with van der Waals surface area (Å²) in [5.74, 6) is 0.346. The van der Waals surface area contributed by atoms with E-state index < -0.39 is 10.0 Å². The molecule has 0 spiro atoms. The zero-order chi connectivity index (χ0) is 23.2. The third-order valence-electron chi connectivity index (χ3n) is 6.58. The Labute approximate surface area is 204 Å². The molecule has 2 N–H and O–H groups in total. The van der Waals surface area contributed by atoms with Gasteiger partial charge in [-0.15, -0.1) is 0 Å². The molecular formula is C26H24Cl2N2O2S. The van der Waals surface area contributed by atoms with Crippen LogP contribution in [0.3, 0.4) is 0 Å². The molecule has 7 heteroatoms. The summed E-state index contributed by atoms with van der Waals surface area (Å²) < 4.78 is 29.2. The minimum atomic E-state index is -3.72. The molecule has 0 bridgehead atoms. The maximum absolute atomic E-state index is 13.2. The maximum atomic E-state index is 13.2. The summed E-state index contributed by atoms with van der Waals surface area (Å²) in [4.78, 5) is 0.260. The summed E-state index contributed by atoms with van der Waals surface area (Å²) in [5.41, 5.74) is 4.49. The zero-order valence-corrected chi connectivity index (χ0v) is 20.4. The van der Waals surface area contributed by atoms with Crippen LogP contribution in [0.5, 0.6) is 0 Å². The third kappa shape index (κ3) is 4.14. The Balaban J connectivity index is 1.50. The van der Waals surface area contributed by atoms with E-state index in [4.69, 9.17) is 23.2 Å². The number of aryl methyl sites for hydroxylation is 1. The molecule has 3 aromatic rings. The van der Waals surface area contributed by atoms with Gasteiger partial charge in [-0.1, -0.05) is 66.5 Å². The summed E-state index contributed by atoms with van der Waals surface area (Å²) in [5, 5.41) is 4.85. The van der Waals surface area contributed by atoms with E-state index in [0.29, 0.717) is 15.7 Å². The highest BCUT2D eigenvalue weighted by Crippen LogP contribution is 2.51. The highest BCUT2D eigenvalue weighted by molar-refractivity contribution is 7.92. The van der Waals surface area contributed by atoms with Gasteiger partial charge in [0.1, 0.15) is 0 Å². The second-order valence-corrected chi connectivity index (χ2v) is 11.0. The van der Waals surface area contributed by atoms with Crippen LogP contribution in [0.25, 0.3) is 0 Å². The highest BCUT2D eigenvalue weighted by atomic mass is 35.5. The molecule has 0 unspecified atom stereocenters. The van der Waals surface area contributed by atoms with Crippen molar-refractivity contribution < 1.29 is 8.42 Å². The summed E-state index contributed by atoms with van der Waals surface area (Å²) in [6, 6.07) is 18.4. The van der Waals surface area contributed by atoms with Crippen molar-refractivity contribution in [2.75, 3.05) is 10.0 Å². The van der Waals surface area contributed by atoms with Gasteiger partial charge in [-0.3, -0.25) is 4.72 Å². The first-order valence-corrected chi connectivity index (χ1v) is 13.2. The molecule has 1 aliphatic carbocycles. The Morgan fingerprint density at radius 1 is 1.03 bits per heavy atom. The number of para-hydroxylation sites is 1. The fourth-order valence-corrected chi connectivity index (χ4v) is 6.59. The van der Waals surface area contributed by atoms with Crippen LogP contribution in [0.15, 0.2) is 77.7 Å². The number of anilines is 2. The Morgan fingerprint density at radius 2 is 1.85 bits per heavy atom. The molecule has 0 saturated heterocycles. The van der Waals surface area contributed by atoms with E-state index in [1.165, 1.54) is 0 Å². The van der Waals surface area contributed by atoms with E-state index in [2.05, 4.69) is 22.2 Å². The first-order valence-electron chi connectivity index (χ1n) is 11.0. The molecule has 0 amide bonds. The molecule has 0 saturated carbocycles. The van der Waals surface area contributed by atoms with Gasteiger partial charge in [-0.05, 0) is 71.8 Å². The minimum Gasteiger partial charge on any atom is -0.378 e. The van der Waals surface area contributed by atoms with E-state index in [1.54, 1.807) is 24.3 Å². The third-order valence-corrected chi connectivity index (χ3v) is 8.51. The predicted molar refractivity (Wildman–Crippen MR) is 136 cm³/mol. The van der Waals surface area contributed by atoms with Crippen LogP contribution in [-0.2, 0) is 16.4 Å². The molecule has 0 fully saturated rings. The number of fused-ring (bicyclic) bond motifs is 3. The number of hydrogen-bond acceptors (Lipinski definition) is 3. The second kappa shape index (κ2) is 8.71. The van der Waals surface area contributed by atoms with Crippen LogP contribution in [0.1, 0.15) is 42.0 Å². The molecule has 5 rings (SSSR count). The van der Waals surface area contributed by atoms with Crippen LogP contribution >= 0.6 is 23.2 Å². The predicted octanol–water partition coefficient (Wildman–Crippen LogP) is 7.18. The highest BCUT2D eigenvalue weighted by Gasteiger charge is 2.39. The minimum absolute atomic E-state index is 0.0132. The van der Waals surface area contributed by atoms with Crippen molar-refractivity contribution in [1.29, 1.82) is 0 Å². The molecule has 4 nitrogen and oxygen atoms in total. The molecule has 3 atom stereocenters. The quantitative estimate of drug-likeness (QED) is 0.366. The van der Waals surface area contributed by atoms with Gasteiger partial charge in [0.15, 0.2) is 0 Å². The van der Waals surface area contributed by atoms with Crippen molar-refractivity contribution in [2.45, 2.75) is 36.6 Å². The second-order valence-electron chi connectivity index (χ2n) is 8.51. The van der Waals surface area contributed by atoms with Crippen LogP contribution in [0.4, 0.5) is 11.4 Å². The molecule has 3 aromatic carbocycles. The normalized spacial score (nSPS) is 21.2. The monoisotopic (exact) mass is 498 g/mol. The lowest BCUT2D eigenvalue weighted by Gasteiger charge is -2.38. The SMILES string of the molecule is CCc1ccccc1NS(=O)(=O)c1ccc2c(c1)[C@H]1C=CC[C@H]1[C@@H](c1ccc(Cl)cc1Cl)N2. The number of hydrogen-bond donors (Lipinski definition) is 2. The lowest BCUT2D eigenvalue weighted by Crippen LogP contribution is -2.29. The average molecular weight is 499 g/mol. The lowest BCUT2D eigenvalue weighted by atomic mass is 9.77. The first-order chi connectivity index (χ1) is 15.9. The number of halogens is 2. The van der Waals surface area contributed by atoms with Crippen LogP contribution in [0.2, 0.25) is 10.0 Å². The van der Waals surface area contributed by atoms with Gasteiger partial charge < -0.3 is 5.32 Å². The summed E-state index contributed by atoms with van der Waals surface area (Å²) in [6.45, 7) is 2.01. The zero-order valence-electron chi connectivity index (χ0n) is 18.1. The standard InChI is InChI=1S/C26H24Cl2N2O2S/c1-2-16-6-3-4-9-24(16)30-33(31,32)18-11-13-25-22(15-18)19-7-5-8-20(19)26(29-25)21-12-10-17(27)14-23(21)28/h3-7,9-15,19-20,26,29-30H,2,8H2,1H3/t19-,20+,26-/m0/s1. The van der Waals surface area contributed by atoms with Crippen molar-refractivity contribution in [3.8, 4) is 0 Å². The summed E-state index contributed by atoms with van der Waals surface area (Å²) >= 11 is 12.6. The van der Waals surface area contributed by atoms with Gasteiger partial charge in [-0.25, -0.2) is 8.42 Å². The molecular weight excluding hydrogens is 475 g/mol. The van der Waals surface area contributed by atoms with Crippen molar-refractivity contribution in [3.05, 3.63) is 99.6 Å². The van der Waals surface area contributed by atoms with Crippen molar-refractivity contribution >= 4 is 44.6 Å². The Bertz CT molecular complexity index is 1350. The molecule has 2 aliphatic rings. The number of sulfonamides is 1. The van der Waals surface area contributed by atoms with E-state index in [-0.39, 0.29) is 22.8 Å². The summed E-state index contributed by atoms with van der Waals surface area (Å²) in [6.07, 6.45) is 5.98. The molecule has 33 heavy (non-hydrogen) atoms. The van der Waals surface area contributed by atoms with Crippen molar-refractivity contribution in [3.63, 3.8) is 0 Å².